The molecule has 142 valence electrons. The number of carbonyl (C=O) groups is 1. The lowest BCUT2D eigenvalue weighted by atomic mass is 10.0. The van der Waals surface area contributed by atoms with Crippen LogP contribution in [0.3, 0.4) is 0 Å². The Hall–Kier alpha value is -2.26. The van der Waals surface area contributed by atoms with Crippen molar-refractivity contribution < 1.29 is 17.6 Å². The molecule has 0 aliphatic carbocycles. The van der Waals surface area contributed by atoms with Gasteiger partial charge in [0, 0.05) is 22.8 Å². The van der Waals surface area contributed by atoms with Gasteiger partial charge >= 0.3 is 0 Å². The highest BCUT2D eigenvalue weighted by Crippen LogP contribution is 2.25. The van der Waals surface area contributed by atoms with Crippen LogP contribution in [0.15, 0.2) is 35.8 Å². The first kappa shape index (κ1) is 18.1. The van der Waals surface area contributed by atoms with Crippen molar-refractivity contribution in [2.75, 3.05) is 11.5 Å². The minimum Gasteiger partial charge on any atom is -0.350 e. The van der Waals surface area contributed by atoms with E-state index in [4.69, 9.17) is 0 Å². The van der Waals surface area contributed by atoms with Gasteiger partial charge in [-0.15, -0.1) is 11.3 Å². The number of halogens is 1. The van der Waals surface area contributed by atoms with Crippen LogP contribution < -0.4 is 5.32 Å². The molecule has 3 aromatic rings. The zero-order valence-corrected chi connectivity index (χ0v) is 16.2. The van der Waals surface area contributed by atoms with Gasteiger partial charge in [-0.1, -0.05) is 0 Å². The first-order valence-electron chi connectivity index (χ1n) is 8.46. The third kappa shape index (κ3) is 3.74. The Morgan fingerprint density at radius 1 is 1.37 bits per heavy atom. The van der Waals surface area contributed by atoms with E-state index in [1.54, 1.807) is 19.1 Å². The molecule has 1 aliphatic rings. The Bertz CT molecular complexity index is 1120. The fraction of sp³-hybridized carbons (Fsp3) is 0.333. The molecule has 9 heteroatoms. The van der Waals surface area contributed by atoms with Crippen LogP contribution in [-0.2, 0) is 21.1 Å². The number of carbonyl (C=O) groups excluding carboxylic acids is 1. The number of imidazole rings is 1. The van der Waals surface area contributed by atoms with Gasteiger partial charge in [0.25, 0.3) is 0 Å². The maximum Gasteiger partial charge on any atom is 0.226 e. The second-order valence-corrected chi connectivity index (χ2v) is 10.2. The Morgan fingerprint density at radius 2 is 2.11 bits per heavy atom. The molecule has 1 saturated heterocycles. The normalized spacial score (nSPS) is 21.6. The maximum atomic E-state index is 13.1. The smallest absolute Gasteiger partial charge is 0.226 e. The van der Waals surface area contributed by atoms with E-state index in [9.17, 15) is 17.6 Å². The van der Waals surface area contributed by atoms with E-state index in [0.717, 1.165) is 16.2 Å². The van der Waals surface area contributed by atoms with Crippen molar-refractivity contribution in [2.45, 2.75) is 25.3 Å². The molecule has 1 aliphatic heterocycles. The topological polar surface area (TPSA) is 80.5 Å². The first-order chi connectivity index (χ1) is 12.7. The van der Waals surface area contributed by atoms with Crippen molar-refractivity contribution in [3.63, 3.8) is 0 Å². The Morgan fingerprint density at radius 3 is 2.78 bits per heavy atom. The number of sulfone groups is 1. The number of rotatable bonds is 4. The van der Waals surface area contributed by atoms with Crippen LogP contribution >= 0.6 is 11.3 Å². The number of hydrogen-bond donors (Lipinski definition) is 1. The fourth-order valence-electron chi connectivity index (χ4n) is 3.37. The third-order valence-corrected chi connectivity index (χ3v) is 7.50. The highest BCUT2D eigenvalue weighted by molar-refractivity contribution is 7.91. The lowest BCUT2D eigenvalue weighted by molar-refractivity contribution is -0.122. The summed E-state index contributed by atoms with van der Waals surface area (Å²) in [6.45, 7) is 1.77. The highest BCUT2D eigenvalue weighted by atomic mass is 32.2. The number of thiazole rings is 1. The van der Waals surface area contributed by atoms with Crippen LogP contribution in [0.5, 0.6) is 0 Å². The molecule has 4 rings (SSSR count). The number of fused-ring (bicyclic) bond motifs is 1. The number of aromatic nitrogens is 2. The second-order valence-electron chi connectivity index (χ2n) is 7.14. The van der Waals surface area contributed by atoms with Gasteiger partial charge in [0.15, 0.2) is 14.8 Å². The van der Waals surface area contributed by atoms with E-state index in [1.165, 1.54) is 23.5 Å². The van der Waals surface area contributed by atoms with E-state index in [-0.39, 0.29) is 29.7 Å². The van der Waals surface area contributed by atoms with Crippen LogP contribution in [0.1, 0.15) is 19.0 Å². The summed E-state index contributed by atoms with van der Waals surface area (Å²) in [6, 6.07) is 6.09. The zero-order chi connectivity index (χ0) is 19.2. The van der Waals surface area contributed by atoms with E-state index >= 15 is 0 Å². The molecular weight excluding hydrogens is 389 g/mol. The van der Waals surface area contributed by atoms with E-state index in [2.05, 4.69) is 10.3 Å². The first-order valence-corrected chi connectivity index (χ1v) is 11.2. The average Bonchev–Trinajstić information content (AvgIpc) is 3.22. The molecular formula is C18H18FN3O3S2. The Balaban J connectivity index is 1.52. The van der Waals surface area contributed by atoms with Gasteiger partial charge in [-0.2, -0.15) is 0 Å². The van der Waals surface area contributed by atoms with Crippen LogP contribution in [0.25, 0.3) is 16.2 Å². The van der Waals surface area contributed by atoms with Gasteiger partial charge in [-0.3, -0.25) is 9.20 Å². The monoisotopic (exact) mass is 407 g/mol. The number of nitrogens with zero attached hydrogens (tertiary/aromatic N) is 2. The lowest BCUT2D eigenvalue weighted by Gasteiger charge is -2.23. The van der Waals surface area contributed by atoms with Crippen LogP contribution in [0.4, 0.5) is 4.39 Å². The largest absolute Gasteiger partial charge is 0.350 e. The third-order valence-electron chi connectivity index (χ3n) is 4.71. The average molecular weight is 407 g/mol. The molecule has 0 saturated carbocycles. The number of amides is 1. The molecule has 1 amide bonds. The van der Waals surface area contributed by atoms with Gasteiger partial charge in [0.2, 0.25) is 5.91 Å². The molecule has 2 aromatic heterocycles. The SMILES string of the molecule is C[C@]1(NC(=O)Cc2csc3nc(-c4ccc(F)cc4)cn23)CCS(=O)(=O)C1. The van der Waals surface area contributed by atoms with Crippen molar-refractivity contribution in [1.29, 1.82) is 0 Å². The van der Waals surface area contributed by atoms with Crippen molar-refractivity contribution in [2.24, 2.45) is 0 Å². The summed E-state index contributed by atoms with van der Waals surface area (Å²) in [5.41, 5.74) is 1.57. The summed E-state index contributed by atoms with van der Waals surface area (Å²) in [7, 11) is -3.08. The summed E-state index contributed by atoms with van der Waals surface area (Å²) in [5, 5.41) is 4.73. The molecule has 1 N–H and O–H groups in total. The van der Waals surface area contributed by atoms with E-state index in [0.29, 0.717) is 12.1 Å². The van der Waals surface area contributed by atoms with Crippen molar-refractivity contribution in [3.05, 3.63) is 47.4 Å². The van der Waals surface area contributed by atoms with Crippen molar-refractivity contribution in [1.82, 2.24) is 14.7 Å². The summed E-state index contributed by atoms with van der Waals surface area (Å²) >= 11 is 1.42. The molecule has 3 heterocycles. The number of benzene rings is 1. The van der Waals surface area contributed by atoms with Gasteiger partial charge in [-0.05, 0) is 37.6 Å². The Kier molecular flexibility index (Phi) is 4.31. The number of nitrogens with one attached hydrogen (secondary N) is 1. The summed E-state index contributed by atoms with van der Waals surface area (Å²) in [4.78, 5) is 17.7. The zero-order valence-electron chi connectivity index (χ0n) is 14.6. The molecule has 1 fully saturated rings. The quantitative estimate of drug-likeness (QED) is 0.720. The molecule has 0 unspecified atom stereocenters. The van der Waals surface area contributed by atoms with Gasteiger partial charge in [0.05, 0.1) is 29.2 Å². The molecule has 6 nitrogen and oxygen atoms in total. The van der Waals surface area contributed by atoms with Gasteiger partial charge < -0.3 is 5.32 Å². The van der Waals surface area contributed by atoms with E-state index in [1.807, 2.05) is 16.0 Å². The number of hydrogen-bond acceptors (Lipinski definition) is 5. The van der Waals surface area contributed by atoms with Crippen molar-refractivity contribution >= 4 is 32.0 Å². The predicted octanol–water partition coefficient (Wildman–Crippen LogP) is 2.44. The van der Waals surface area contributed by atoms with Gasteiger partial charge in [-0.25, -0.2) is 17.8 Å². The standard InChI is InChI=1S/C18H18FN3O3S2/c1-18(6-7-27(24,25)11-18)21-16(23)8-14-10-26-17-20-15(9-22(14)17)12-2-4-13(19)5-3-12/h2-5,9-10H,6-8,11H2,1H3,(H,21,23)/t18-/m0/s1. The van der Waals surface area contributed by atoms with Crippen molar-refractivity contribution in [3.8, 4) is 11.3 Å². The Labute approximate surface area is 160 Å². The summed E-state index contributed by atoms with van der Waals surface area (Å²) < 4.78 is 38.3. The van der Waals surface area contributed by atoms with Crippen LogP contribution in [-0.4, -0.2) is 40.8 Å². The molecule has 1 atom stereocenters. The summed E-state index contributed by atoms with van der Waals surface area (Å²) in [5.74, 6) is -0.439. The van der Waals surface area contributed by atoms with Crippen LogP contribution in [0.2, 0.25) is 0 Å². The second kappa shape index (κ2) is 6.42. The highest BCUT2D eigenvalue weighted by Gasteiger charge is 2.39. The molecule has 1 aromatic carbocycles. The fourth-order valence-corrected chi connectivity index (χ4v) is 6.34. The summed E-state index contributed by atoms with van der Waals surface area (Å²) in [6.07, 6.45) is 2.39. The molecule has 0 bridgehead atoms. The predicted molar refractivity (Wildman–Crippen MR) is 102 cm³/mol. The van der Waals surface area contributed by atoms with E-state index < -0.39 is 15.4 Å². The maximum absolute atomic E-state index is 13.1. The molecule has 0 spiro atoms. The molecule has 27 heavy (non-hydrogen) atoms. The minimum absolute atomic E-state index is 0.0232. The lowest BCUT2D eigenvalue weighted by Crippen LogP contribution is -2.47. The molecule has 0 radical (unpaired) electrons. The van der Waals surface area contributed by atoms with Gasteiger partial charge in [0.1, 0.15) is 5.82 Å². The van der Waals surface area contributed by atoms with Crippen LogP contribution in [0, 0.1) is 5.82 Å². The minimum atomic E-state index is -3.08.